The fourth-order valence-corrected chi connectivity index (χ4v) is 2.45. The lowest BCUT2D eigenvalue weighted by atomic mass is 10.0. The van der Waals surface area contributed by atoms with E-state index in [0.717, 1.165) is 10.8 Å². The minimum Gasteiger partial charge on any atom is -0.465 e. The van der Waals surface area contributed by atoms with Gasteiger partial charge in [0.2, 0.25) is 0 Å². The highest BCUT2D eigenvalue weighted by molar-refractivity contribution is 6.29. The summed E-state index contributed by atoms with van der Waals surface area (Å²) in [5.74, 6) is -3.74. The predicted molar refractivity (Wildman–Crippen MR) is 88.8 cm³/mol. The van der Waals surface area contributed by atoms with Gasteiger partial charge in [-0.15, -0.1) is 0 Å². The molecule has 0 aliphatic rings. The number of alkyl halides is 2. The molecule has 0 unspecified atom stereocenters. The van der Waals surface area contributed by atoms with Crippen LogP contribution < -0.4 is 5.56 Å². The van der Waals surface area contributed by atoms with Crippen LogP contribution in [0, 0.1) is 0 Å². The first-order valence-electron chi connectivity index (χ1n) is 7.68. The van der Waals surface area contributed by atoms with Gasteiger partial charge in [-0.05, 0) is 6.92 Å². The summed E-state index contributed by atoms with van der Waals surface area (Å²) >= 11 is 5.88. The molecule has 0 fully saturated rings. The number of aromatic nitrogens is 2. The Morgan fingerprint density at radius 1 is 1.32 bits per heavy atom. The molecule has 0 atom stereocenters. The molecule has 0 saturated carbocycles. The predicted octanol–water partition coefficient (Wildman–Crippen LogP) is 3.18. The zero-order chi connectivity index (χ0) is 18.4. The van der Waals surface area contributed by atoms with Gasteiger partial charge in [0.1, 0.15) is 17.4 Å². The number of hydrogen-bond acceptors (Lipinski definition) is 4. The van der Waals surface area contributed by atoms with Gasteiger partial charge in [0.25, 0.3) is 11.5 Å². The lowest BCUT2D eigenvalue weighted by molar-refractivity contribution is -0.143. The second kappa shape index (κ2) is 8.20. The van der Waals surface area contributed by atoms with Crippen LogP contribution in [0.2, 0.25) is 5.15 Å². The van der Waals surface area contributed by atoms with E-state index >= 15 is 0 Å². The van der Waals surface area contributed by atoms with Crippen LogP contribution in [-0.2, 0) is 28.4 Å². The highest BCUT2D eigenvalue weighted by Gasteiger charge is 2.31. The number of ether oxygens (including phenoxy) is 1. The molecule has 1 aromatic heterocycles. The third-order valence-corrected chi connectivity index (χ3v) is 3.84. The van der Waals surface area contributed by atoms with Gasteiger partial charge in [0.05, 0.1) is 12.8 Å². The standard InChI is InChI=1S/C17H17ClF2N2O3/c1-2-25-15(23)11-22-14(18)10-21-13(16(22)24)8-9-17(19,20)12-6-4-3-5-7-12/h3-7,10H,2,8-9,11H2,1H3. The molecule has 8 heteroatoms. The van der Waals surface area contributed by atoms with E-state index in [4.69, 9.17) is 16.3 Å². The zero-order valence-electron chi connectivity index (χ0n) is 13.5. The molecule has 0 saturated heterocycles. The Morgan fingerprint density at radius 2 is 2.00 bits per heavy atom. The molecule has 0 spiro atoms. The van der Waals surface area contributed by atoms with Crippen molar-refractivity contribution < 1.29 is 18.3 Å². The molecular weight excluding hydrogens is 354 g/mol. The van der Waals surface area contributed by atoms with Gasteiger partial charge < -0.3 is 4.74 Å². The molecule has 0 aliphatic carbocycles. The lowest BCUT2D eigenvalue weighted by Gasteiger charge is -2.16. The smallest absolute Gasteiger partial charge is 0.326 e. The molecule has 2 aromatic rings. The van der Waals surface area contributed by atoms with Crippen LogP contribution in [-0.4, -0.2) is 22.1 Å². The van der Waals surface area contributed by atoms with E-state index in [2.05, 4.69) is 4.98 Å². The average Bonchev–Trinajstić information content (AvgIpc) is 2.59. The molecule has 0 amide bonds. The van der Waals surface area contributed by atoms with Crippen LogP contribution in [0.25, 0.3) is 0 Å². The first-order valence-corrected chi connectivity index (χ1v) is 8.06. The minimum atomic E-state index is -3.10. The third kappa shape index (κ3) is 4.85. The molecular formula is C17H17ClF2N2O3. The van der Waals surface area contributed by atoms with Gasteiger partial charge in [-0.25, -0.2) is 8.78 Å². The van der Waals surface area contributed by atoms with E-state index < -0.39 is 30.4 Å². The van der Waals surface area contributed by atoms with Crippen molar-refractivity contribution in [3.8, 4) is 0 Å². The number of halogens is 3. The minimum absolute atomic E-state index is 0.0587. The topological polar surface area (TPSA) is 61.2 Å². The number of rotatable bonds is 7. The first kappa shape index (κ1) is 19.1. The molecule has 5 nitrogen and oxygen atoms in total. The summed E-state index contributed by atoms with van der Waals surface area (Å²) in [6.07, 6.45) is 0.333. The van der Waals surface area contributed by atoms with Crippen LogP contribution in [0.15, 0.2) is 41.3 Å². The van der Waals surface area contributed by atoms with Crippen molar-refractivity contribution >= 4 is 17.6 Å². The highest BCUT2D eigenvalue weighted by atomic mass is 35.5. The molecule has 1 aromatic carbocycles. The fraction of sp³-hybridized carbons (Fsp3) is 0.353. The van der Waals surface area contributed by atoms with Crippen LogP contribution in [0.1, 0.15) is 24.6 Å². The third-order valence-electron chi connectivity index (χ3n) is 3.54. The number of carbonyl (C=O) groups is 1. The first-order chi connectivity index (χ1) is 11.8. The van der Waals surface area contributed by atoms with E-state index in [1.807, 2.05) is 0 Å². The van der Waals surface area contributed by atoms with Crippen molar-refractivity contribution in [3.05, 3.63) is 63.3 Å². The zero-order valence-corrected chi connectivity index (χ0v) is 14.3. The van der Waals surface area contributed by atoms with Gasteiger partial charge in [-0.3, -0.25) is 19.1 Å². The Balaban J connectivity index is 2.18. The fourth-order valence-electron chi connectivity index (χ4n) is 2.27. The van der Waals surface area contributed by atoms with Gasteiger partial charge >= 0.3 is 5.97 Å². The summed E-state index contributed by atoms with van der Waals surface area (Å²) in [6, 6.07) is 7.35. The number of carbonyl (C=O) groups excluding carboxylic acids is 1. The number of aryl methyl sites for hydroxylation is 1. The Bertz CT molecular complexity index is 794. The van der Waals surface area contributed by atoms with Crippen LogP contribution in [0.4, 0.5) is 8.78 Å². The van der Waals surface area contributed by atoms with Gasteiger partial charge in [-0.2, -0.15) is 0 Å². The molecule has 0 aliphatic heterocycles. The van der Waals surface area contributed by atoms with E-state index in [1.165, 1.54) is 24.3 Å². The molecule has 25 heavy (non-hydrogen) atoms. The summed E-state index contributed by atoms with van der Waals surface area (Å²) in [7, 11) is 0. The van der Waals surface area contributed by atoms with Crippen molar-refractivity contribution in [1.29, 1.82) is 0 Å². The second-order valence-corrected chi connectivity index (χ2v) is 5.68. The molecule has 0 N–H and O–H groups in total. The molecule has 134 valence electrons. The van der Waals surface area contributed by atoms with Gasteiger partial charge in [0.15, 0.2) is 0 Å². The number of hydrogen-bond donors (Lipinski definition) is 0. The maximum atomic E-state index is 14.2. The molecule has 0 bridgehead atoms. The summed E-state index contributed by atoms with van der Waals surface area (Å²) in [6.45, 7) is 1.40. The monoisotopic (exact) mass is 370 g/mol. The van der Waals surface area contributed by atoms with Crippen molar-refractivity contribution in [1.82, 2.24) is 9.55 Å². The Labute approximate surface area is 148 Å². The van der Waals surface area contributed by atoms with Crippen LogP contribution >= 0.6 is 11.6 Å². The summed E-state index contributed by atoms with van der Waals surface area (Å²) in [5.41, 5.74) is -0.885. The van der Waals surface area contributed by atoms with Crippen LogP contribution in [0.5, 0.6) is 0 Å². The lowest BCUT2D eigenvalue weighted by Crippen LogP contribution is -2.30. The Morgan fingerprint density at radius 3 is 2.64 bits per heavy atom. The average molecular weight is 371 g/mol. The summed E-state index contributed by atoms with van der Waals surface area (Å²) in [5, 5.41) is -0.0587. The summed E-state index contributed by atoms with van der Waals surface area (Å²) in [4.78, 5) is 27.7. The highest BCUT2D eigenvalue weighted by Crippen LogP contribution is 2.32. The number of nitrogens with zero attached hydrogens (tertiary/aromatic N) is 2. The SMILES string of the molecule is CCOC(=O)Cn1c(Cl)cnc(CCC(F)(F)c2ccccc2)c1=O. The molecule has 2 rings (SSSR count). The van der Waals surface area contributed by atoms with E-state index in [9.17, 15) is 18.4 Å². The molecule has 0 radical (unpaired) electrons. The largest absolute Gasteiger partial charge is 0.465 e. The van der Waals surface area contributed by atoms with Crippen molar-refractivity contribution in [2.75, 3.05) is 6.61 Å². The second-order valence-electron chi connectivity index (χ2n) is 5.29. The maximum Gasteiger partial charge on any atom is 0.326 e. The Hall–Kier alpha value is -2.28. The van der Waals surface area contributed by atoms with E-state index in [0.29, 0.717) is 0 Å². The maximum absolute atomic E-state index is 14.2. The van der Waals surface area contributed by atoms with E-state index in [1.54, 1.807) is 13.0 Å². The quantitative estimate of drug-likeness (QED) is 0.702. The van der Waals surface area contributed by atoms with Gasteiger partial charge in [0, 0.05) is 18.4 Å². The summed E-state index contributed by atoms with van der Waals surface area (Å²) < 4.78 is 34.2. The van der Waals surface area contributed by atoms with Crippen molar-refractivity contribution in [3.63, 3.8) is 0 Å². The normalized spacial score (nSPS) is 11.4. The van der Waals surface area contributed by atoms with Crippen LogP contribution in [0.3, 0.4) is 0 Å². The van der Waals surface area contributed by atoms with Crippen molar-refractivity contribution in [2.24, 2.45) is 0 Å². The number of esters is 1. The van der Waals surface area contributed by atoms with Crippen molar-refractivity contribution in [2.45, 2.75) is 32.2 Å². The van der Waals surface area contributed by atoms with E-state index in [-0.39, 0.29) is 29.4 Å². The van der Waals surface area contributed by atoms with Gasteiger partial charge in [-0.1, -0.05) is 41.9 Å². The molecule has 1 heterocycles. The Kier molecular flexibility index (Phi) is 6.25. The number of benzene rings is 1.